The third-order valence-electron chi connectivity index (χ3n) is 4.41. The molecule has 0 saturated carbocycles. The molecule has 1 unspecified atom stereocenters. The van der Waals surface area contributed by atoms with E-state index in [-0.39, 0.29) is 11.8 Å². The van der Waals surface area contributed by atoms with E-state index < -0.39 is 0 Å². The summed E-state index contributed by atoms with van der Waals surface area (Å²) in [5, 5.41) is 3.09. The zero-order valence-electron chi connectivity index (χ0n) is 13.9. The highest BCUT2D eigenvalue weighted by Crippen LogP contribution is 2.20. The Morgan fingerprint density at radius 3 is 2.75 bits per heavy atom. The highest BCUT2D eigenvalue weighted by Gasteiger charge is 2.26. The van der Waals surface area contributed by atoms with Gasteiger partial charge in [-0.25, -0.2) is 9.97 Å². The number of aromatic nitrogens is 2. The van der Waals surface area contributed by atoms with E-state index in [9.17, 15) is 4.79 Å². The average molecular weight is 324 g/mol. The van der Waals surface area contributed by atoms with Crippen molar-refractivity contribution in [1.82, 2.24) is 15.3 Å². The molecule has 1 aliphatic rings. The zero-order chi connectivity index (χ0) is 16.6. The van der Waals surface area contributed by atoms with Crippen molar-refractivity contribution in [2.24, 2.45) is 5.92 Å². The molecule has 2 heterocycles. The lowest BCUT2D eigenvalue weighted by Gasteiger charge is -2.31. The van der Waals surface area contributed by atoms with Crippen LogP contribution in [0.5, 0.6) is 0 Å². The topological polar surface area (TPSA) is 58.1 Å². The van der Waals surface area contributed by atoms with Crippen molar-refractivity contribution in [2.45, 2.75) is 25.7 Å². The van der Waals surface area contributed by atoms with Crippen LogP contribution in [-0.4, -0.2) is 35.5 Å². The highest BCUT2D eigenvalue weighted by atomic mass is 16.1. The first-order valence-electron chi connectivity index (χ1n) is 8.66. The number of carbonyl (C=O) groups excluding carboxylic acids is 1. The third-order valence-corrected chi connectivity index (χ3v) is 4.41. The molecule has 1 atom stereocenters. The number of nitrogens with zero attached hydrogens (tertiary/aromatic N) is 3. The molecule has 0 spiro atoms. The Bertz CT molecular complexity index is 632. The fraction of sp³-hybridized carbons (Fsp3) is 0.421. The molecule has 126 valence electrons. The molecule has 1 fully saturated rings. The first-order chi connectivity index (χ1) is 11.8. The lowest BCUT2D eigenvalue weighted by Crippen LogP contribution is -2.43. The Hall–Kier alpha value is -2.43. The molecule has 1 aromatic heterocycles. The minimum absolute atomic E-state index is 0.0271. The van der Waals surface area contributed by atoms with E-state index >= 15 is 0 Å². The molecular weight excluding hydrogens is 300 g/mol. The van der Waals surface area contributed by atoms with Crippen LogP contribution in [0.3, 0.4) is 0 Å². The molecule has 24 heavy (non-hydrogen) atoms. The van der Waals surface area contributed by atoms with Gasteiger partial charge in [0.2, 0.25) is 11.9 Å². The van der Waals surface area contributed by atoms with Gasteiger partial charge in [0.15, 0.2) is 0 Å². The summed E-state index contributed by atoms with van der Waals surface area (Å²) in [6, 6.07) is 12.2. The van der Waals surface area contributed by atoms with Gasteiger partial charge in [-0.15, -0.1) is 0 Å². The first kappa shape index (κ1) is 16.4. The van der Waals surface area contributed by atoms with Crippen LogP contribution in [0.4, 0.5) is 5.95 Å². The van der Waals surface area contributed by atoms with Gasteiger partial charge < -0.3 is 10.2 Å². The van der Waals surface area contributed by atoms with E-state index in [4.69, 9.17) is 0 Å². The number of aryl methyl sites for hydroxylation is 1. The van der Waals surface area contributed by atoms with Crippen molar-refractivity contribution in [1.29, 1.82) is 0 Å². The van der Waals surface area contributed by atoms with Gasteiger partial charge in [0.1, 0.15) is 0 Å². The molecule has 5 heteroatoms. The van der Waals surface area contributed by atoms with E-state index in [1.165, 1.54) is 5.56 Å². The van der Waals surface area contributed by atoms with E-state index in [0.717, 1.165) is 44.7 Å². The van der Waals surface area contributed by atoms with Gasteiger partial charge in [0, 0.05) is 32.0 Å². The summed E-state index contributed by atoms with van der Waals surface area (Å²) in [4.78, 5) is 23.1. The fourth-order valence-corrected chi connectivity index (χ4v) is 3.12. The first-order valence-corrected chi connectivity index (χ1v) is 8.66. The minimum Gasteiger partial charge on any atom is -0.356 e. The number of carbonyl (C=O) groups is 1. The molecule has 2 aromatic rings. The van der Waals surface area contributed by atoms with Gasteiger partial charge in [-0.3, -0.25) is 4.79 Å². The van der Waals surface area contributed by atoms with Gasteiger partial charge in [0.05, 0.1) is 5.92 Å². The van der Waals surface area contributed by atoms with Crippen LogP contribution in [0.1, 0.15) is 24.8 Å². The number of benzene rings is 1. The van der Waals surface area contributed by atoms with Gasteiger partial charge >= 0.3 is 0 Å². The quantitative estimate of drug-likeness (QED) is 0.829. The molecule has 0 bridgehead atoms. The second-order valence-electron chi connectivity index (χ2n) is 6.21. The lowest BCUT2D eigenvalue weighted by molar-refractivity contribution is -0.125. The van der Waals surface area contributed by atoms with E-state index in [1.54, 1.807) is 12.4 Å². The zero-order valence-corrected chi connectivity index (χ0v) is 13.9. The molecule has 0 radical (unpaired) electrons. The van der Waals surface area contributed by atoms with Crippen molar-refractivity contribution >= 4 is 11.9 Å². The van der Waals surface area contributed by atoms with Crippen LogP contribution in [0.2, 0.25) is 0 Å². The Morgan fingerprint density at radius 2 is 1.96 bits per heavy atom. The Kier molecular flexibility index (Phi) is 5.77. The van der Waals surface area contributed by atoms with Crippen LogP contribution >= 0.6 is 0 Å². The molecule has 5 nitrogen and oxygen atoms in total. The number of amides is 1. The second-order valence-corrected chi connectivity index (χ2v) is 6.21. The van der Waals surface area contributed by atoms with Crippen molar-refractivity contribution in [3.8, 4) is 0 Å². The Labute approximate surface area is 143 Å². The van der Waals surface area contributed by atoms with Gasteiger partial charge in [-0.1, -0.05) is 30.3 Å². The summed E-state index contributed by atoms with van der Waals surface area (Å²) >= 11 is 0. The number of nitrogens with one attached hydrogen (secondary N) is 1. The highest BCUT2D eigenvalue weighted by molar-refractivity contribution is 5.79. The van der Waals surface area contributed by atoms with Crippen LogP contribution in [0.15, 0.2) is 48.8 Å². The number of hydrogen-bond donors (Lipinski definition) is 1. The van der Waals surface area contributed by atoms with Gasteiger partial charge in [-0.2, -0.15) is 0 Å². The minimum atomic E-state index is 0.0271. The largest absolute Gasteiger partial charge is 0.356 e. The molecule has 3 rings (SSSR count). The average Bonchev–Trinajstić information content (AvgIpc) is 2.67. The van der Waals surface area contributed by atoms with E-state index in [0.29, 0.717) is 6.54 Å². The normalized spacial score (nSPS) is 17.5. The maximum Gasteiger partial charge on any atom is 0.225 e. The summed E-state index contributed by atoms with van der Waals surface area (Å²) in [7, 11) is 0. The Balaban J connectivity index is 1.43. The van der Waals surface area contributed by atoms with E-state index in [1.807, 2.05) is 12.1 Å². The molecule has 1 amide bonds. The predicted molar refractivity (Wildman–Crippen MR) is 94.7 cm³/mol. The number of anilines is 1. The summed E-state index contributed by atoms with van der Waals surface area (Å²) in [6.07, 6.45) is 7.39. The van der Waals surface area contributed by atoms with Crippen molar-refractivity contribution in [3.63, 3.8) is 0 Å². The van der Waals surface area contributed by atoms with Crippen LogP contribution in [0.25, 0.3) is 0 Å². The molecule has 1 saturated heterocycles. The standard InChI is InChI=1S/C19H24N4O/c24-18(20-11-4-9-16-7-2-1-3-8-16)17-10-5-14-23(15-17)19-21-12-6-13-22-19/h1-3,6-8,12-13,17H,4-5,9-11,14-15H2,(H,20,24). The van der Waals surface area contributed by atoms with Crippen LogP contribution in [0, 0.1) is 5.92 Å². The number of rotatable bonds is 6. The van der Waals surface area contributed by atoms with Gasteiger partial charge in [-0.05, 0) is 37.3 Å². The summed E-state index contributed by atoms with van der Waals surface area (Å²) in [5.41, 5.74) is 1.32. The predicted octanol–water partition coefficient (Wildman–Crippen LogP) is 2.44. The maximum absolute atomic E-state index is 12.4. The summed E-state index contributed by atoms with van der Waals surface area (Å²) in [6.45, 7) is 2.35. The van der Waals surface area contributed by atoms with Crippen LogP contribution in [-0.2, 0) is 11.2 Å². The van der Waals surface area contributed by atoms with E-state index in [2.05, 4.69) is 44.5 Å². The Morgan fingerprint density at radius 1 is 1.17 bits per heavy atom. The second kappa shape index (κ2) is 8.43. The van der Waals surface area contributed by atoms with Gasteiger partial charge in [0.25, 0.3) is 0 Å². The number of piperidine rings is 1. The lowest BCUT2D eigenvalue weighted by atomic mass is 9.97. The smallest absolute Gasteiger partial charge is 0.225 e. The fourth-order valence-electron chi connectivity index (χ4n) is 3.12. The molecule has 1 aliphatic heterocycles. The molecule has 1 aromatic carbocycles. The molecule has 0 aliphatic carbocycles. The summed E-state index contributed by atoms with van der Waals surface area (Å²) in [5.74, 6) is 0.905. The molecular formula is C19H24N4O. The monoisotopic (exact) mass is 324 g/mol. The van der Waals surface area contributed by atoms with Crippen molar-refractivity contribution in [2.75, 3.05) is 24.5 Å². The molecule has 1 N–H and O–H groups in total. The summed E-state index contributed by atoms with van der Waals surface area (Å²) < 4.78 is 0. The van der Waals surface area contributed by atoms with Crippen LogP contribution < -0.4 is 10.2 Å². The van der Waals surface area contributed by atoms with Crippen molar-refractivity contribution < 1.29 is 4.79 Å². The SMILES string of the molecule is O=C(NCCCc1ccccc1)C1CCCN(c2ncccn2)C1. The maximum atomic E-state index is 12.4. The third kappa shape index (κ3) is 4.54. The number of hydrogen-bond acceptors (Lipinski definition) is 4. The van der Waals surface area contributed by atoms with Crippen molar-refractivity contribution in [3.05, 3.63) is 54.4 Å².